The first kappa shape index (κ1) is 11.4. The molecule has 0 unspecified atom stereocenters. The van der Waals surface area contributed by atoms with Crippen LogP contribution in [0.1, 0.15) is 35.5 Å². The standard InChI is InChI=1S/C8H9N3O2.C2H6/c1-4-6-5(7(12)11-10-4)2-3-9-8(6)13;1-2/h2-3H2,1H3,(H,9,13)(H,11,12);1-2H3. The van der Waals surface area contributed by atoms with Gasteiger partial charge in [0.25, 0.3) is 11.5 Å². The molecule has 1 aromatic heterocycles. The highest BCUT2D eigenvalue weighted by atomic mass is 16.2. The molecule has 0 aromatic carbocycles. The number of hydrogen-bond acceptors (Lipinski definition) is 3. The number of carbonyl (C=O) groups is 1. The van der Waals surface area contributed by atoms with Gasteiger partial charge < -0.3 is 5.32 Å². The van der Waals surface area contributed by atoms with E-state index in [2.05, 4.69) is 15.5 Å². The van der Waals surface area contributed by atoms with Crippen LogP contribution in [0.2, 0.25) is 0 Å². The Labute approximate surface area is 87.9 Å². The van der Waals surface area contributed by atoms with Crippen molar-refractivity contribution in [3.8, 4) is 0 Å². The number of rotatable bonds is 0. The fourth-order valence-electron chi connectivity index (χ4n) is 1.52. The molecule has 0 bridgehead atoms. The predicted molar refractivity (Wildman–Crippen MR) is 57.0 cm³/mol. The van der Waals surface area contributed by atoms with Crippen molar-refractivity contribution in [3.05, 3.63) is 27.2 Å². The maximum atomic E-state index is 11.4. The van der Waals surface area contributed by atoms with E-state index in [0.29, 0.717) is 29.8 Å². The number of nitrogens with one attached hydrogen (secondary N) is 2. The Morgan fingerprint density at radius 3 is 2.53 bits per heavy atom. The molecule has 2 heterocycles. The molecule has 1 aliphatic rings. The van der Waals surface area contributed by atoms with Crippen LogP contribution in [-0.2, 0) is 6.42 Å². The number of aromatic nitrogens is 2. The third-order valence-corrected chi connectivity index (χ3v) is 2.15. The molecule has 2 rings (SSSR count). The van der Waals surface area contributed by atoms with Gasteiger partial charge in [0.2, 0.25) is 0 Å². The average molecular weight is 209 g/mol. The van der Waals surface area contributed by atoms with Crippen LogP contribution in [0.3, 0.4) is 0 Å². The minimum Gasteiger partial charge on any atom is -0.352 e. The fraction of sp³-hybridized carbons (Fsp3) is 0.500. The lowest BCUT2D eigenvalue weighted by molar-refractivity contribution is 0.0944. The Bertz CT molecular complexity index is 423. The molecule has 5 heteroatoms. The average Bonchev–Trinajstić information content (AvgIpc) is 2.26. The molecule has 1 aromatic rings. The van der Waals surface area contributed by atoms with Crippen molar-refractivity contribution < 1.29 is 4.79 Å². The molecule has 0 atom stereocenters. The second-order valence-corrected chi connectivity index (χ2v) is 3.00. The Morgan fingerprint density at radius 1 is 1.27 bits per heavy atom. The Morgan fingerprint density at radius 2 is 1.93 bits per heavy atom. The Kier molecular flexibility index (Phi) is 3.60. The van der Waals surface area contributed by atoms with Gasteiger partial charge in [-0.3, -0.25) is 9.59 Å². The second kappa shape index (κ2) is 4.72. The predicted octanol–water partition coefficient (Wildman–Crippen LogP) is 0.390. The molecule has 0 radical (unpaired) electrons. The lowest BCUT2D eigenvalue weighted by Gasteiger charge is -2.15. The molecule has 0 aliphatic carbocycles. The van der Waals surface area contributed by atoms with Gasteiger partial charge in [0.1, 0.15) is 0 Å². The lowest BCUT2D eigenvalue weighted by Crippen LogP contribution is -2.37. The maximum absolute atomic E-state index is 11.4. The summed E-state index contributed by atoms with van der Waals surface area (Å²) in [4.78, 5) is 22.6. The molecule has 5 nitrogen and oxygen atoms in total. The van der Waals surface area contributed by atoms with Crippen LogP contribution >= 0.6 is 0 Å². The number of fused-ring (bicyclic) bond motifs is 1. The van der Waals surface area contributed by atoms with Crippen LogP contribution in [0.4, 0.5) is 0 Å². The minimum absolute atomic E-state index is 0.197. The van der Waals surface area contributed by atoms with Gasteiger partial charge in [-0.25, -0.2) is 5.10 Å². The highest BCUT2D eigenvalue weighted by Crippen LogP contribution is 2.10. The van der Waals surface area contributed by atoms with Crippen LogP contribution in [-0.4, -0.2) is 22.6 Å². The fourth-order valence-corrected chi connectivity index (χ4v) is 1.52. The smallest absolute Gasteiger partial charge is 0.268 e. The van der Waals surface area contributed by atoms with Crippen molar-refractivity contribution in [1.82, 2.24) is 15.5 Å². The number of aryl methyl sites for hydroxylation is 1. The van der Waals surface area contributed by atoms with Crippen LogP contribution in [0.15, 0.2) is 4.79 Å². The van der Waals surface area contributed by atoms with Crippen LogP contribution < -0.4 is 10.9 Å². The molecule has 0 saturated carbocycles. The quantitative estimate of drug-likeness (QED) is 0.649. The summed E-state index contributed by atoms with van der Waals surface area (Å²) in [6.45, 7) is 6.23. The van der Waals surface area contributed by atoms with Crippen molar-refractivity contribution in [2.45, 2.75) is 27.2 Å². The van der Waals surface area contributed by atoms with Gasteiger partial charge in [-0.15, -0.1) is 0 Å². The number of nitrogens with zero attached hydrogens (tertiary/aromatic N) is 1. The zero-order valence-electron chi connectivity index (χ0n) is 9.18. The number of H-pyrrole nitrogens is 1. The van der Waals surface area contributed by atoms with E-state index < -0.39 is 0 Å². The van der Waals surface area contributed by atoms with Crippen LogP contribution in [0, 0.1) is 6.92 Å². The highest BCUT2D eigenvalue weighted by Gasteiger charge is 2.21. The van der Waals surface area contributed by atoms with Gasteiger partial charge in [-0.1, -0.05) is 13.8 Å². The van der Waals surface area contributed by atoms with Crippen molar-refractivity contribution in [3.63, 3.8) is 0 Å². The molecule has 0 spiro atoms. The summed E-state index contributed by atoms with van der Waals surface area (Å²) in [5, 5.41) is 8.78. The van der Waals surface area contributed by atoms with Crippen molar-refractivity contribution in [2.24, 2.45) is 0 Å². The van der Waals surface area contributed by atoms with Crippen LogP contribution in [0.25, 0.3) is 0 Å². The molecule has 0 fully saturated rings. The largest absolute Gasteiger partial charge is 0.352 e. The van der Waals surface area contributed by atoms with Gasteiger partial charge in [0, 0.05) is 12.1 Å². The third-order valence-electron chi connectivity index (χ3n) is 2.15. The Balaban J connectivity index is 0.000000531. The molecule has 82 valence electrons. The summed E-state index contributed by atoms with van der Waals surface area (Å²) in [7, 11) is 0. The monoisotopic (exact) mass is 209 g/mol. The summed E-state index contributed by atoms with van der Waals surface area (Å²) >= 11 is 0. The van der Waals surface area contributed by atoms with E-state index in [1.165, 1.54) is 0 Å². The summed E-state index contributed by atoms with van der Waals surface area (Å²) in [6.07, 6.45) is 0.583. The van der Waals surface area contributed by atoms with E-state index in [9.17, 15) is 9.59 Å². The molecule has 2 N–H and O–H groups in total. The lowest BCUT2D eigenvalue weighted by atomic mass is 10.0. The maximum Gasteiger partial charge on any atom is 0.268 e. The minimum atomic E-state index is -0.254. The van der Waals surface area contributed by atoms with Gasteiger partial charge in [-0.2, -0.15) is 5.10 Å². The summed E-state index contributed by atoms with van der Waals surface area (Å²) in [5.74, 6) is -0.197. The van der Waals surface area contributed by atoms with E-state index in [4.69, 9.17) is 0 Å². The van der Waals surface area contributed by atoms with E-state index >= 15 is 0 Å². The SMILES string of the molecule is CC.Cc1n[nH]c(=O)c2c1C(=O)NCC2. The first-order valence-corrected chi connectivity index (χ1v) is 5.06. The van der Waals surface area contributed by atoms with Gasteiger partial charge >= 0.3 is 0 Å². The van der Waals surface area contributed by atoms with Crippen molar-refractivity contribution >= 4 is 5.91 Å². The van der Waals surface area contributed by atoms with E-state index in [-0.39, 0.29) is 11.5 Å². The molecule has 1 aliphatic heterocycles. The zero-order valence-corrected chi connectivity index (χ0v) is 9.18. The number of amides is 1. The number of aromatic amines is 1. The molecule has 15 heavy (non-hydrogen) atoms. The summed E-state index contributed by atoms with van der Waals surface area (Å²) < 4.78 is 0. The molecular weight excluding hydrogens is 194 g/mol. The van der Waals surface area contributed by atoms with Crippen LogP contribution in [0.5, 0.6) is 0 Å². The van der Waals surface area contributed by atoms with Gasteiger partial charge in [-0.05, 0) is 13.3 Å². The van der Waals surface area contributed by atoms with E-state index in [0.717, 1.165) is 0 Å². The summed E-state index contributed by atoms with van der Waals surface area (Å²) in [6, 6.07) is 0. The second-order valence-electron chi connectivity index (χ2n) is 3.00. The first-order valence-electron chi connectivity index (χ1n) is 5.06. The third kappa shape index (κ3) is 2.06. The topological polar surface area (TPSA) is 74.8 Å². The molecule has 0 saturated heterocycles. The summed E-state index contributed by atoms with van der Waals surface area (Å²) in [5.41, 5.74) is 1.31. The van der Waals surface area contributed by atoms with Crippen molar-refractivity contribution in [1.29, 1.82) is 0 Å². The van der Waals surface area contributed by atoms with Gasteiger partial charge in [0.15, 0.2) is 0 Å². The molecule has 1 amide bonds. The van der Waals surface area contributed by atoms with Gasteiger partial charge in [0.05, 0.1) is 11.3 Å². The highest BCUT2D eigenvalue weighted by molar-refractivity contribution is 5.97. The Hall–Kier alpha value is -1.65. The number of carbonyl (C=O) groups excluding carboxylic acids is 1. The molecular formula is C10H15N3O2. The normalized spacial score (nSPS) is 13.4. The number of hydrogen-bond donors (Lipinski definition) is 2. The first-order chi connectivity index (χ1) is 7.20. The van der Waals surface area contributed by atoms with E-state index in [1.807, 2.05) is 13.8 Å². The zero-order chi connectivity index (χ0) is 11.4. The van der Waals surface area contributed by atoms with E-state index in [1.54, 1.807) is 6.92 Å². The van der Waals surface area contributed by atoms with Crippen molar-refractivity contribution in [2.75, 3.05) is 6.54 Å².